The fourth-order valence-corrected chi connectivity index (χ4v) is 4.99. The molecule has 1 fully saturated rings. The molecule has 1 N–H and O–H groups in total. The van der Waals surface area contributed by atoms with Gasteiger partial charge in [0, 0.05) is 18.9 Å². The molecular formula is C22H28N2O3S. The Kier molecular flexibility index (Phi) is 6.20. The Balaban J connectivity index is 1.86. The van der Waals surface area contributed by atoms with Gasteiger partial charge in [-0.3, -0.25) is 0 Å². The minimum atomic E-state index is -3.66. The largest absolute Gasteiger partial charge is 0.623 e. The van der Waals surface area contributed by atoms with Crippen LogP contribution in [-0.2, 0) is 10.0 Å². The number of hydrogen-bond acceptors (Lipinski definition) is 3. The molecule has 3 rings (SSSR count). The van der Waals surface area contributed by atoms with Crippen molar-refractivity contribution >= 4 is 15.7 Å². The molecule has 0 spiro atoms. The highest BCUT2D eigenvalue weighted by molar-refractivity contribution is 7.89. The number of sulfonamides is 1. The molecule has 0 saturated heterocycles. The number of nitrogens with zero attached hydrogens (tertiary/aromatic N) is 1. The number of benzene rings is 2. The van der Waals surface area contributed by atoms with Gasteiger partial charge in [-0.25, -0.2) is 17.9 Å². The first-order chi connectivity index (χ1) is 13.3. The van der Waals surface area contributed by atoms with E-state index in [1.807, 2.05) is 38.1 Å². The zero-order chi connectivity index (χ0) is 20.3. The zero-order valence-corrected chi connectivity index (χ0v) is 17.5. The summed E-state index contributed by atoms with van der Waals surface area (Å²) in [4.78, 5) is 0.235. The van der Waals surface area contributed by atoms with Gasteiger partial charge in [-0.1, -0.05) is 41.8 Å². The van der Waals surface area contributed by atoms with Gasteiger partial charge < -0.3 is 5.21 Å². The average molecular weight is 401 g/mol. The van der Waals surface area contributed by atoms with Crippen LogP contribution in [0, 0.1) is 19.1 Å². The monoisotopic (exact) mass is 400 g/mol. The molecule has 1 aliphatic carbocycles. The molecule has 0 bridgehead atoms. The number of hydroxylamine groups is 1. The molecule has 28 heavy (non-hydrogen) atoms. The lowest BCUT2D eigenvalue weighted by molar-refractivity contribution is -0.509. The third-order valence-electron chi connectivity index (χ3n) is 5.47. The van der Waals surface area contributed by atoms with Gasteiger partial charge in [-0.2, -0.15) is 0 Å². The minimum Gasteiger partial charge on any atom is -0.623 e. The predicted octanol–water partition coefficient (Wildman–Crippen LogP) is 3.91. The Bertz CT molecular complexity index is 948. The van der Waals surface area contributed by atoms with Gasteiger partial charge in [-0.05, 0) is 51.0 Å². The maximum atomic E-state index is 13.1. The number of nitrogens with one attached hydrogen (secondary N) is 1. The van der Waals surface area contributed by atoms with Crippen LogP contribution in [0.5, 0.6) is 0 Å². The molecule has 6 heteroatoms. The first-order valence-corrected chi connectivity index (χ1v) is 11.2. The summed E-state index contributed by atoms with van der Waals surface area (Å²) < 4.78 is 29.4. The van der Waals surface area contributed by atoms with Gasteiger partial charge in [-0.15, -0.1) is 0 Å². The lowest BCUT2D eigenvalue weighted by atomic mass is 9.91. The third-order valence-corrected chi connectivity index (χ3v) is 6.97. The number of hydrogen-bond donors (Lipinski definition) is 1. The molecule has 1 aliphatic rings. The smallest absolute Gasteiger partial charge is 0.241 e. The van der Waals surface area contributed by atoms with E-state index in [0.29, 0.717) is 18.6 Å². The van der Waals surface area contributed by atoms with Gasteiger partial charge in [0.1, 0.15) is 0 Å². The van der Waals surface area contributed by atoms with Crippen molar-refractivity contribution in [2.24, 2.45) is 0 Å². The van der Waals surface area contributed by atoms with Gasteiger partial charge in [0.2, 0.25) is 10.0 Å². The van der Waals surface area contributed by atoms with Gasteiger partial charge in [0.25, 0.3) is 0 Å². The van der Waals surface area contributed by atoms with Crippen molar-refractivity contribution < 1.29 is 13.2 Å². The summed E-state index contributed by atoms with van der Waals surface area (Å²) in [5, 5.41) is 13.1. The van der Waals surface area contributed by atoms with E-state index >= 15 is 0 Å². The Labute approximate surface area is 167 Å². The molecule has 2 aromatic carbocycles. The lowest BCUT2D eigenvalue weighted by Gasteiger charge is -2.31. The molecule has 2 aromatic rings. The summed E-state index contributed by atoms with van der Waals surface area (Å²) in [7, 11) is -3.66. The molecule has 5 nitrogen and oxygen atoms in total. The fourth-order valence-electron chi connectivity index (χ4n) is 3.68. The van der Waals surface area contributed by atoms with Crippen LogP contribution < -0.4 is 4.72 Å². The van der Waals surface area contributed by atoms with E-state index in [1.54, 1.807) is 31.2 Å². The molecule has 0 aliphatic heterocycles. The van der Waals surface area contributed by atoms with E-state index in [9.17, 15) is 13.6 Å². The summed E-state index contributed by atoms with van der Waals surface area (Å²) in [6, 6.07) is 13.8. The van der Waals surface area contributed by atoms with Crippen LogP contribution in [0.4, 0.5) is 0 Å². The van der Waals surface area contributed by atoms with Crippen LogP contribution in [0.1, 0.15) is 49.3 Å². The first kappa shape index (κ1) is 20.6. The number of rotatable bonds is 5. The Hall–Kier alpha value is -2.18. The van der Waals surface area contributed by atoms with Crippen LogP contribution in [0.25, 0.3) is 0 Å². The SMILES string of the molecule is C/C(c1ccc(C)cc1)=[N+](/[O-])[C@@H]1CCCC[C@H]1NS(=O)(=O)c1ccc(C)cc1. The first-order valence-electron chi connectivity index (χ1n) is 9.74. The molecule has 1 saturated carbocycles. The normalized spacial score (nSPS) is 21.2. The fraction of sp³-hybridized carbons (Fsp3) is 0.409. The summed E-state index contributed by atoms with van der Waals surface area (Å²) in [5.74, 6) is 0. The van der Waals surface area contributed by atoms with Gasteiger partial charge in [0.15, 0.2) is 11.8 Å². The van der Waals surface area contributed by atoms with E-state index in [2.05, 4.69) is 4.72 Å². The van der Waals surface area contributed by atoms with Gasteiger partial charge in [0.05, 0.1) is 10.9 Å². The van der Waals surface area contributed by atoms with Crippen LogP contribution in [-0.4, -0.2) is 31.0 Å². The second kappa shape index (κ2) is 8.45. The quantitative estimate of drug-likeness (QED) is 0.358. The molecule has 0 heterocycles. The van der Waals surface area contributed by atoms with Crippen molar-refractivity contribution in [3.8, 4) is 0 Å². The molecule has 150 valence electrons. The second-order valence-corrected chi connectivity index (χ2v) is 9.38. The topological polar surface area (TPSA) is 72.2 Å². The molecule has 0 aromatic heterocycles. The van der Waals surface area contributed by atoms with Crippen molar-refractivity contribution in [1.29, 1.82) is 0 Å². The summed E-state index contributed by atoms with van der Waals surface area (Å²) in [6.45, 7) is 5.73. The Morgan fingerprint density at radius 2 is 1.50 bits per heavy atom. The highest BCUT2D eigenvalue weighted by atomic mass is 32.2. The Morgan fingerprint density at radius 3 is 2.11 bits per heavy atom. The molecule has 0 unspecified atom stereocenters. The van der Waals surface area contributed by atoms with E-state index in [-0.39, 0.29) is 4.90 Å². The van der Waals surface area contributed by atoms with E-state index in [1.165, 1.54) is 0 Å². The molecule has 2 atom stereocenters. The molecule has 0 radical (unpaired) electrons. The highest BCUT2D eigenvalue weighted by Gasteiger charge is 2.35. The van der Waals surface area contributed by atoms with Crippen LogP contribution in [0.15, 0.2) is 53.4 Å². The molecular weight excluding hydrogens is 372 g/mol. The van der Waals surface area contributed by atoms with Crippen molar-refractivity contribution in [1.82, 2.24) is 4.72 Å². The van der Waals surface area contributed by atoms with Crippen LogP contribution in [0.3, 0.4) is 0 Å². The van der Waals surface area contributed by atoms with E-state index in [0.717, 1.165) is 34.3 Å². The summed E-state index contributed by atoms with van der Waals surface area (Å²) in [5.41, 5.74) is 3.62. The van der Waals surface area contributed by atoms with Gasteiger partial charge >= 0.3 is 0 Å². The van der Waals surface area contributed by atoms with Crippen LogP contribution >= 0.6 is 0 Å². The second-order valence-electron chi connectivity index (χ2n) is 7.67. The van der Waals surface area contributed by atoms with Crippen molar-refractivity contribution in [3.05, 3.63) is 70.4 Å². The predicted molar refractivity (Wildman–Crippen MR) is 112 cm³/mol. The van der Waals surface area contributed by atoms with Crippen molar-refractivity contribution in [2.75, 3.05) is 0 Å². The van der Waals surface area contributed by atoms with Crippen molar-refractivity contribution in [2.45, 2.75) is 63.4 Å². The Morgan fingerprint density at radius 1 is 0.964 bits per heavy atom. The van der Waals surface area contributed by atoms with Crippen LogP contribution in [0.2, 0.25) is 0 Å². The molecule has 0 amide bonds. The third kappa shape index (κ3) is 4.62. The maximum absolute atomic E-state index is 13.1. The zero-order valence-electron chi connectivity index (χ0n) is 16.7. The van der Waals surface area contributed by atoms with E-state index < -0.39 is 22.1 Å². The van der Waals surface area contributed by atoms with E-state index in [4.69, 9.17) is 0 Å². The standard InChI is InChI=1S/C22H28N2O3S/c1-16-8-12-19(13-9-16)18(3)24(25)22-7-5-4-6-21(22)23-28(26,27)20-14-10-17(2)11-15-20/h8-15,21-23H,4-7H2,1-3H3/b24-18-/t21-,22-/m1/s1. The maximum Gasteiger partial charge on any atom is 0.241 e. The average Bonchev–Trinajstić information content (AvgIpc) is 2.68. The summed E-state index contributed by atoms with van der Waals surface area (Å²) >= 11 is 0. The lowest BCUT2D eigenvalue weighted by Crippen LogP contribution is -2.49. The minimum absolute atomic E-state index is 0.235. The number of aryl methyl sites for hydroxylation is 2. The highest BCUT2D eigenvalue weighted by Crippen LogP contribution is 2.24. The summed E-state index contributed by atoms with van der Waals surface area (Å²) in [6.07, 6.45) is 3.17. The van der Waals surface area contributed by atoms with Crippen molar-refractivity contribution in [3.63, 3.8) is 0 Å².